The first-order valence-electron chi connectivity index (χ1n) is 6.42. The number of nitrogens with one attached hydrogen (secondary N) is 1. The maximum atomic E-state index is 10.3. The van der Waals surface area contributed by atoms with Gasteiger partial charge in [-0.15, -0.1) is 0 Å². The van der Waals surface area contributed by atoms with E-state index < -0.39 is 12.6 Å². The molecule has 0 heterocycles. The molecule has 0 amide bonds. The summed E-state index contributed by atoms with van der Waals surface area (Å²) in [7, 11) is 0. The highest BCUT2D eigenvalue weighted by Gasteiger charge is 1.94. The zero-order chi connectivity index (χ0) is 15.1. The summed E-state index contributed by atoms with van der Waals surface area (Å²) in [6.45, 7) is 1.56. The molecule has 0 aromatic heterocycles. The minimum atomic E-state index is -1.25. The first-order valence-corrected chi connectivity index (χ1v) is 6.42. The molecule has 0 spiro atoms. The van der Waals surface area contributed by atoms with Gasteiger partial charge in [-0.3, -0.25) is 5.43 Å². The first-order chi connectivity index (χ1) is 10.1. The lowest BCUT2D eigenvalue weighted by Crippen LogP contribution is -2.28. The summed E-state index contributed by atoms with van der Waals surface area (Å²) in [4.78, 5) is 10.3. The molecule has 0 aliphatic rings. The third kappa shape index (κ3) is 4.99. The second kappa shape index (κ2) is 7.09. The van der Waals surface area contributed by atoms with E-state index in [0.29, 0.717) is 5.75 Å². The zero-order valence-corrected chi connectivity index (χ0v) is 11.6. The van der Waals surface area contributed by atoms with Crippen molar-refractivity contribution >= 4 is 17.9 Å². The van der Waals surface area contributed by atoms with Crippen LogP contribution in [0.15, 0.2) is 53.6 Å². The fraction of sp³-hybridized carbons (Fsp3) is 0.125. The molecule has 0 unspecified atom stereocenters. The maximum absolute atomic E-state index is 10.3. The normalized spacial score (nSPS) is 10.5. The van der Waals surface area contributed by atoms with Gasteiger partial charge in [-0.05, 0) is 54.4 Å². The molecule has 0 radical (unpaired) electrons. The molecule has 108 valence electrons. The first kappa shape index (κ1) is 14.6. The second-order valence-electron chi connectivity index (χ2n) is 4.47. The summed E-state index contributed by atoms with van der Waals surface area (Å²) in [5.41, 5.74) is 5.89. The van der Waals surface area contributed by atoms with Crippen molar-refractivity contribution in [2.24, 2.45) is 5.10 Å². The Hall–Kier alpha value is -2.82. The monoisotopic (exact) mass is 283 g/mol. The molecule has 0 aliphatic carbocycles. The number of hydrogen-bond donors (Lipinski definition) is 1. The molecule has 2 rings (SSSR count). The van der Waals surface area contributed by atoms with Gasteiger partial charge in [-0.25, -0.2) is 0 Å². The van der Waals surface area contributed by atoms with Gasteiger partial charge in [0.2, 0.25) is 0 Å². The van der Waals surface area contributed by atoms with E-state index in [0.717, 1.165) is 16.8 Å². The standard InChI is InChI=1S/C16H16N2O3/c1-12-3-2-4-14(9-12)18-17-10-13-5-7-15(8-6-13)21-11-16(19)20/h2-10,18H,11H2,1H3,(H,19,20)/p-1/b17-10-. The molecule has 0 saturated carbocycles. The molecule has 0 atom stereocenters. The Morgan fingerprint density at radius 1 is 1.29 bits per heavy atom. The Kier molecular flexibility index (Phi) is 4.93. The smallest absolute Gasteiger partial charge is 0.128 e. The van der Waals surface area contributed by atoms with E-state index in [2.05, 4.69) is 10.5 Å². The predicted molar refractivity (Wildman–Crippen MR) is 79.3 cm³/mol. The molecule has 2 aromatic rings. The van der Waals surface area contributed by atoms with Crippen LogP contribution in [0.3, 0.4) is 0 Å². The largest absolute Gasteiger partial charge is 0.546 e. The predicted octanol–water partition coefficient (Wildman–Crippen LogP) is 1.57. The van der Waals surface area contributed by atoms with Crippen LogP contribution in [0.5, 0.6) is 5.75 Å². The van der Waals surface area contributed by atoms with Crippen LogP contribution in [-0.2, 0) is 4.79 Å². The van der Waals surface area contributed by atoms with Gasteiger partial charge in [0.1, 0.15) is 12.4 Å². The van der Waals surface area contributed by atoms with Gasteiger partial charge in [0.05, 0.1) is 17.9 Å². The highest BCUT2D eigenvalue weighted by molar-refractivity contribution is 5.80. The number of hydrogen-bond acceptors (Lipinski definition) is 5. The number of rotatable bonds is 6. The van der Waals surface area contributed by atoms with Crippen LogP contribution in [0.1, 0.15) is 11.1 Å². The summed E-state index contributed by atoms with van der Waals surface area (Å²) in [6.07, 6.45) is 1.67. The van der Waals surface area contributed by atoms with Crippen LogP contribution in [0.2, 0.25) is 0 Å². The van der Waals surface area contributed by atoms with Crippen molar-refractivity contribution in [3.8, 4) is 5.75 Å². The van der Waals surface area contributed by atoms with E-state index in [4.69, 9.17) is 4.74 Å². The summed E-state index contributed by atoms with van der Waals surface area (Å²) in [5, 5.41) is 14.4. The van der Waals surface area contributed by atoms with E-state index in [9.17, 15) is 9.90 Å². The number of carboxylic acid groups (broad SMARTS) is 1. The Morgan fingerprint density at radius 3 is 2.71 bits per heavy atom. The van der Waals surface area contributed by atoms with E-state index in [1.165, 1.54) is 0 Å². The van der Waals surface area contributed by atoms with E-state index in [1.807, 2.05) is 31.2 Å². The number of aryl methyl sites for hydroxylation is 1. The minimum Gasteiger partial charge on any atom is -0.546 e. The fourth-order valence-electron chi connectivity index (χ4n) is 1.69. The van der Waals surface area contributed by atoms with Gasteiger partial charge in [0, 0.05) is 0 Å². The molecule has 5 nitrogen and oxygen atoms in total. The Bertz CT molecular complexity index is 636. The lowest BCUT2D eigenvalue weighted by atomic mass is 10.2. The van der Waals surface area contributed by atoms with Gasteiger partial charge < -0.3 is 14.6 Å². The van der Waals surface area contributed by atoms with Crippen molar-refractivity contribution in [2.45, 2.75) is 6.92 Å². The van der Waals surface area contributed by atoms with E-state index in [1.54, 1.807) is 30.5 Å². The van der Waals surface area contributed by atoms with Crippen molar-refractivity contribution in [1.29, 1.82) is 0 Å². The third-order valence-electron chi connectivity index (χ3n) is 2.66. The van der Waals surface area contributed by atoms with Crippen LogP contribution in [-0.4, -0.2) is 18.8 Å². The maximum Gasteiger partial charge on any atom is 0.128 e. The Balaban J connectivity index is 1.90. The number of aliphatic carboxylic acids is 1. The van der Waals surface area contributed by atoms with Gasteiger partial charge in [0.15, 0.2) is 0 Å². The van der Waals surface area contributed by atoms with Crippen LogP contribution in [0.4, 0.5) is 5.69 Å². The molecule has 0 fully saturated rings. The van der Waals surface area contributed by atoms with Crippen molar-refractivity contribution < 1.29 is 14.6 Å². The highest BCUT2D eigenvalue weighted by atomic mass is 16.5. The molecule has 21 heavy (non-hydrogen) atoms. The van der Waals surface area contributed by atoms with E-state index >= 15 is 0 Å². The molecule has 0 saturated heterocycles. The fourth-order valence-corrected chi connectivity index (χ4v) is 1.69. The summed E-state index contributed by atoms with van der Waals surface area (Å²) in [5.74, 6) is -0.772. The number of ether oxygens (including phenoxy) is 1. The van der Waals surface area contributed by atoms with Crippen LogP contribution < -0.4 is 15.3 Å². The third-order valence-corrected chi connectivity index (χ3v) is 2.66. The van der Waals surface area contributed by atoms with Gasteiger partial charge >= 0.3 is 0 Å². The molecule has 0 aliphatic heterocycles. The molecule has 0 bridgehead atoms. The van der Waals surface area contributed by atoms with Gasteiger partial charge in [0.25, 0.3) is 0 Å². The quantitative estimate of drug-likeness (QED) is 0.645. The number of nitrogens with zero attached hydrogens (tertiary/aromatic N) is 1. The summed E-state index contributed by atoms with van der Waals surface area (Å²) >= 11 is 0. The molecular weight excluding hydrogens is 268 g/mol. The second-order valence-corrected chi connectivity index (χ2v) is 4.47. The van der Waals surface area contributed by atoms with Crippen molar-refractivity contribution in [3.63, 3.8) is 0 Å². The lowest BCUT2D eigenvalue weighted by molar-refractivity contribution is -0.307. The number of anilines is 1. The van der Waals surface area contributed by atoms with Gasteiger partial charge in [-0.1, -0.05) is 12.1 Å². The van der Waals surface area contributed by atoms with Crippen molar-refractivity contribution in [1.82, 2.24) is 0 Å². The number of carboxylic acids is 1. The summed E-state index contributed by atoms with van der Waals surface area (Å²) < 4.78 is 4.99. The average molecular weight is 283 g/mol. The number of benzene rings is 2. The highest BCUT2D eigenvalue weighted by Crippen LogP contribution is 2.12. The van der Waals surface area contributed by atoms with Crippen molar-refractivity contribution in [2.75, 3.05) is 12.0 Å². The Morgan fingerprint density at radius 2 is 2.05 bits per heavy atom. The SMILES string of the molecule is Cc1cccc(N/N=C\c2ccc(OCC(=O)[O-])cc2)c1. The molecule has 5 heteroatoms. The molecule has 1 N–H and O–H groups in total. The number of carbonyl (C=O) groups excluding carboxylic acids is 1. The average Bonchev–Trinajstić information content (AvgIpc) is 2.46. The van der Waals surface area contributed by atoms with E-state index in [-0.39, 0.29) is 0 Å². The minimum absolute atomic E-state index is 0.456. The lowest BCUT2D eigenvalue weighted by Gasteiger charge is -2.06. The van der Waals surface area contributed by atoms with Crippen LogP contribution in [0, 0.1) is 6.92 Å². The zero-order valence-electron chi connectivity index (χ0n) is 11.6. The number of carbonyl (C=O) groups is 1. The Labute approximate surface area is 122 Å². The topological polar surface area (TPSA) is 73.8 Å². The molecule has 2 aromatic carbocycles. The molecular formula is C16H15N2O3-. The summed E-state index contributed by atoms with van der Waals surface area (Å²) in [6, 6.07) is 14.8. The van der Waals surface area contributed by atoms with Gasteiger partial charge in [-0.2, -0.15) is 5.10 Å². The van der Waals surface area contributed by atoms with Crippen molar-refractivity contribution in [3.05, 3.63) is 59.7 Å². The number of hydrazone groups is 1. The van der Waals surface area contributed by atoms with Crippen LogP contribution >= 0.6 is 0 Å². The van der Waals surface area contributed by atoms with Crippen LogP contribution in [0.25, 0.3) is 0 Å².